The van der Waals surface area contributed by atoms with Gasteiger partial charge in [0.2, 0.25) is 0 Å². The third kappa shape index (κ3) is 2.60. The van der Waals surface area contributed by atoms with E-state index in [9.17, 15) is 8.42 Å². The van der Waals surface area contributed by atoms with E-state index in [1.807, 2.05) is 0 Å². The summed E-state index contributed by atoms with van der Waals surface area (Å²) in [5.41, 5.74) is 7.46. The largest absolute Gasteiger partial charge is 0.399 e. The zero-order valence-corrected chi connectivity index (χ0v) is 12.3. The Morgan fingerprint density at radius 2 is 1.85 bits per heavy atom. The average Bonchev–Trinajstić information content (AvgIpc) is 2.40. The normalized spacial score (nSPS) is 11.3. The summed E-state index contributed by atoms with van der Waals surface area (Å²) in [6.45, 7) is 3.88. The highest BCUT2D eigenvalue weighted by molar-refractivity contribution is 7.92. The van der Waals surface area contributed by atoms with Crippen molar-refractivity contribution in [2.45, 2.75) is 18.7 Å². The van der Waals surface area contributed by atoms with Crippen LogP contribution in [-0.2, 0) is 10.0 Å². The van der Waals surface area contributed by atoms with Crippen LogP contribution in [-0.4, -0.2) is 19.9 Å². The Bertz CT molecular complexity index is 700. The van der Waals surface area contributed by atoms with Crippen LogP contribution in [0.1, 0.15) is 12.5 Å². The Morgan fingerprint density at radius 3 is 2.40 bits per heavy atom. The van der Waals surface area contributed by atoms with E-state index in [1.54, 1.807) is 56.6 Å². The van der Waals surface area contributed by atoms with Gasteiger partial charge in [0.25, 0.3) is 10.0 Å². The van der Waals surface area contributed by atoms with Crippen molar-refractivity contribution in [3.63, 3.8) is 0 Å². The molecule has 0 radical (unpaired) electrons. The van der Waals surface area contributed by atoms with Gasteiger partial charge in [-0.2, -0.15) is 0 Å². The molecule has 2 rings (SSSR count). The van der Waals surface area contributed by atoms with Crippen molar-refractivity contribution < 1.29 is 8.42 Å². The lowest BCUT2D eigenvalue weighted by atomic mass is 10.2. The molecule has 1 heterocycles. The van der Waals surface area contributed by atoms with Gasteiger partial charge in [-0.05, 0) is 49.7 Å². The molecule has 1 aromatic carbocycles. The first-order valence-electron chi connectivity index (χ1n) is 6.25. The van der Waals surface area contributed by atoms with Crippen LogP contribution in [0, 0.1) is 6.92 Å². The third-order valence-corrected chi connectivity index (χ3v) is 5.07. The smallest absolute Gasteiger partial charge is 0.264 e. The molecule has 0 aliphatic heterocycles. The van der Waals surface area contributed by atoms with E-state index >= 15 is 0 Å². The van der Waals surface area contributed by atoms with Crippen molar-refractivity contribution in [3.8, 4) is 0 Å². The van der Waals surface area contributed by atoms with Crippen molar-refractivity contribution in [2.75, 3.05) is 16.6 Å². The highest BCUT2D eigenvalue weighted by Gasteiger charge is 2.25. The Morgan fingerprint density at radius 1 is 1.20 bits per heavy atom. The molecule has 2 aromatic rings. The average molecular weight is 291 g/mol. The molecule has 0 bridgehead atoms. The molecule has 0 amide bonds. The number of hydrogen-bond acceptors (Lipinski definition) is 4. The van der Waals surface area contributed by atoms with Crippen LogP contribution in [0.4, 0.5) is 11.4 Å². The Labute approximate surface area is 119 Å². The van der Waals surface area contributed by atoms with Crippen molar-refractivity contribution in [1.29, 1.82) is 0 Å². The number of aryl methyl sites for hydroxylation is 1. The summed E-state index contributed by atoms with van der Waals surface area (Å²) in [6, 6.07) is 8.15. The molecule has 20 heavy (non-hydrogen) atoms. The molecule has 0 saturated heterocycles. The number of benzene rings is 1. The maximum Gasteiger partial charge on any atom is 0.264 e. The van der Waals surface area contributed by atoms with E-state index in [1.165, 1.54) is 4.31 Å². The van der Waals surface area contributed by atoms with Gasteiger partial charge in [-0.25, -0.2) is 8.42 Å². The van der Waals surface area contributed by atoms with E-state index < -0.39 is 10.0 Å². The lowest BCUT2D eigenvalue weighted by Crippen LogP contribution is -2.31. The molecule has 0 atom stereocenters. The summed E-state index contributed by atoms with van der Waals surface area (Å²) in [5, 5.41) is 0. The summed E-state index contributed by atoms with van der Waals surface area (Å²) in [5.74, 6) is 0. The standard InChI is InChI=1S/C14H17N3O2S/c1-3-17(13-6-8-16-9-7-13)20(18,19)14-5-4-12(15)10-11(14)2/h4-10H,3,15H2,1-2H3. The van der Waals surface area contributed by atoms with Gasteiger partial charge in [0.05, 0.1) is 10.6 Å². The summed E-state index contributed by atoms with van der Waals surface area (Å²) in [4.78, 5) is 4.18. The molecule has 0 spiro atoms. The zero-order valence-electron chi connectivity index (χ0n) is 11.4. The van der Waals surface area contributed by atoms with Crippen LogP contribution in [0.5, 0.6) is 0 Å². The second-order valence-corrected chi connectivity index (χ2v) is 6.23. The van der Waals surface area contributed by atoms with Crippen molar-refractivity contribution in [3.05, 3.63) is 48.3 Å². The molecule has 5 nitrogen and oxygen atoms in total. The van der Waals surface area contributed by atoms with Gasteiger partial charge in [-0.3, -0.25) is 9.29 Å². The first kappa shape index (κ1) is 14.3. The molecule has 0 aliphatic carbocycles. The van der Waals surface area contributed by atoms with Gasteiger partial charge >= 0.3 is 0 Å². The van der Waals surface area contributed by atoms with Crippen LogP contribution in [0.25, 0.3) is 0 Å². The molecule has 106 valence electrons. The van der Waals surface area contributed by atoms with E-state index in [-0.39, 0.29) is 4.90 Å². The number of aromatic nitrogens is 1. The lowest BCUT2D eigenvalue weighted by Gasteiger charge is -2.23. The fourth-order valence-electron chi connectivity index (χ4n) is 2.08. The first-order chi connectivity index (χ1) is 9.46. The molecule has 1 aromatic heterocycles. The Balaban J connectivity index is 2.53. The predicted molar refractivity (Wildman–Crippen MR) is 80.0 cm³/mol. The lowest BCUT2D eigenvalue weighted by molar-refractivity contribution is 0.591. The summed E-state index contributed by atoms with van der Waals surface area (Å²) < 4.78 is 26.9. The topological polar surface area (TPSA) is 76.3 Å². The summed E-state index contributed by atoms with van der Waals surface area (Å²) >= 11 is 0. The monoisotopic (exact) mass is 291 g/mol. The van der Waals surface area contributed by atoms with Gasteiger partial charge in [0, 0.05) is 24.6 Å². The number of hydrogen-bond donors (Lipinski definition) is 1. The van der Waals surface area contributed by atoms with E-state index in [0.717, 1.165) is 0 Å². The SMILES string of the molecule is CCN(c1ccncc1)S(=O)(=O)c1ccc(N)cc1C. The quantitative estimate of drug-likeness (QED) is 0.876. The fourth-order valence-corrected chi connectivity index (χ4v) is 3.76. The van der Waals surface area contributed by atoms with Crippen LogP contribution < -0.4 is 10.0 Å². The summed E-state index contributed by atoms with van der Waals surface area (Å²) in [7, 11) is -3.60. The molecule has 0 saturated carbocycles. The maximum atomic E-state index is 12.8. The third-order valence-electron chi connectivity index (χ3n) is 3.00. The number of nitrogens with two attached hydrogens (primary N) is 1. The Kier molecular flexibility index (Phi) is 3.94. The van der Waals surface area contributed by atoms with Gasteiger partial charge in [0.1, 0.15) is 0 Å². The van der Waals surface area contributed by atoms with Gasteiger partial charge in [-0.1, -0.05) is 0 Å². The number of pyridine rings is 1. The van der Waals surface area contributed by atoms with E-state index in [4.69, 9.17) is 5.73 Å². The highest BCUT2D eigenvalue weighted by Crippen LogP contribution is 2.26. The number of sulfonamides is 1. The number of nitrogens with zero attached hydrogens (tertiary/aromatic N) is 2. The molecule has 6 heteroatoms. The Hall–Kier alpha value is -2.08. The number of anilines is 2. The van der Waals surface area contributed by atoms with Gasteiger partial charge in [0.15, 0.2) is 0 Å². The van der Waals surface area contributed by atoms with Crippen LogP contribution in [0.15, 0.2) is 47.6 Å². The minimum atomic E-state index is -3.60. The van der Waals surface area contributed by atoms with Gasteiger partial charge < -0.3 is 5.73 Å². The van der Waals surface area contributed by atoms with Crippen molar-refractivity contribution in [1.82, 2.24) is 4.98 Å². The van der Waals surface area contributed by atoms with Crippen LogP contribution >= 0.6 is 0 Å². The van der Waals surface area contributed by atoms with E-state index in [2.05, 4.69) is 4.98 Å². The predicted octanol–water partition coefficient (Wildman–Crippen LogP) is 2.19. The van der Waals surface area contributed by atoms with Crippen LogP contribution in [0.3, 0.4) is 0 Å². The first-order valence-corrected chi connectivity index (χ1v) is 7.69. The minimum absolute atomic E-state index is 0.269. The van der Waals surface area contributed by atoms with Crippen molar-refractivity contribution in [2.24, 2.45) is 0 Å². The zero-order chi connectivity index (χ0) is 14.8. The number of nitrogen functional groups attached to an aromatic ring is 1. The van der Waals surface area contributed by atoms with Crippen LogP contribution in [0.2, 0.25) is 0 Å². The van der Waals surface area contributed by atoms with E-state index in [0.29, 0.717) is 23.5 Å². The fraction of sp³-hybridized carbons (Fsp3) is 0.214. The molecule has 0 unspecified atom stereocenters. The molecule has 0 aliphatic rings. The summed E-state index contributed by atoms with van der Waals surface area (Å²) in [6.07, 6.45) is 3.15. The second-order valence-electron chi connectivity index (χ2n) is 4.40. The van der Waals surface area contributed by atoms with Crippen molar-refractivity contribution >= 4 is 21.4 Å². The molecular formula is C14H17N3O2S. The molecular weight excluding hydrogens is 274 g/mol. The highest BCUT2D eigenvalue weighted by atomic mass is 32.2. The number of rotatable bonds is 4. The maximum absolute atomic E-state index is 12.8. The second kappa shape index (κ2) is 5.50. The molecule has 2 N–H and O–H groups in total. The van der Waals surface area contributed by atoms with Gasteiger partial charge in [-0.15, -0.1) is 0 Å². The molecule has 0 fully saturated rings. The minimum Gasteiger partial charge on any atom is -0.399 e.